The highest BCUT2D eigenvalue weighted by atomic mass is 79.9. The van der Waals surface area contributed by atoms with Gasteiger partial charge in [0.2, 0.25) is 0 Å². The lowest BCUT2D eigenvalue weighted by Gasteiger charge is -2.04. The first-order valence-corrected chi connectivity index (χ1v) is 8.40. The number of hydrogen-bond acceptors (Lipinski definition) is 1. The van der Waals surface area contributed by atoms with Gasteiger partial charge in [0.1, 0.15) is 4.83 Å². The summed E-state index contributed by atoms with van der Waals surface area (Å²) >= 11 is 3.16. The summed E-state index contributed by atoms with van der Waals surface area (Å²) in [5.41, 5.74) is 0. The molecule has 19 heavy (non-hydrogen) atoms. The van der Waals surface area contributed by atoms with Gasteiger partial charge in [0.15, 0.2) is 0 Å². The molecule has 0 radical (unpaired) electrons. The minimum absolute atomic E-state index is 0.365. The van der Waals surface area contributed by atoms with Gasteiger partial charge in [0.25, 0.3) is 0 Å². The predicted molar refractivity (Wildman–Crippen MR) is 84.6 cm³/mol. The third kappa shape index (κ3) is 13.7. The van der Waals surface area contributed by atoms with Crippen molar-refractivity contribution in [1.29, 1.82) is 0 Å². The number of hydrogen-bond donors (Lipinski definition) is 1. The van der Waals surface area contributed by atoms with Crippen molar-refractivity contribution in [3.8, 4) is 12.3 Å². The Morgan fingerprint density at radius 1 is 0.947 bits per heavy atom. The maximum atomic E-state index is 10.6. The van der Waals surface area contributed by atoms with Gasteiger partial charge in [-0.25, -0.2) is 0 Å². The summed E-state index contributed by atoms with van der Waals surface area (Å²) in [5, 5.41) is 8.70. The number of carbonyl (C=O) groups is 1. The third-order valence-corrected chi connectivity index (χ3v) is 4.15. The average molecular weight is 331 g/mol. The predicted octanol–water partition coefficient (Wildman–Crippen LogP) is 5.15. The Morgan fingerprint density at radius 3 is 1.79 bits per heavy atom. The van der Waals surface area contributed by atoms with E-state index < -0.39 is 5.97 Å². The van der Waals surface area contributed by atoms with Crippen LogP contribution in [0.3, 0.4) is 0 Å². The summed E-state index contributed by atoms with van der Waals surface area (Å²) in [6.07, 6.45) is 19.3. The molecule has 2 nitrogen and oxygen atoms in total. The van der Waals surface area contributed by atoms with Gasteiger partial charge in [-0.3, -0.25) is 4.79 Å². The molecule has 0 saturated heterocycles. The minimum Gasteiger partial charge on any atom is -0.480 e. The van der Waals surface area contributed by atoms with Crippen molar-refractivity contribution in [1.82, 2.24) is 0 Å². The van der Waals surface area contributed by atoms with Crippen molar-refractivity contribution < 1.29 is 9.90 Å². The van der Waals surface area contributed by atoms with Crippen LogP contribution in [0.4, 0.5) is 0 Å². The van der Waals surface area contributed by atoms with E-state index in [-0.39, 0.29) is 4.83 Å². The molecule has 0 heterocycles. The number of terminal acetylenes is 1. The number of carboxylic acids is 1. The number of alkyl halides is 1. The fraction of sp³-hybridized carbons (Fsp3) is 0.812. The number of carboxylic acid groups (broad SMARTS) is 1. The van der Waals surface area contributed by atoms with Crippen LogP contribution in [0.25, 0.3) is 0 Å². The Morgan fingerprint density at radius 2 is 1.37 bits per heavy atom. The Balaban J connectivity index is 3.07. The number of rotatable bonds is 13. The van der Waals surface area contributed by atoms with E-state index in [0.29, 0.717) is 0 Å². The van der Waals surface area contributed by atoms with Crippen LogP contribution < -0.4 is 0 Å². The first-order valence-electron chi connectivity index (χ1n) is 7.49. The summed E-state index contributed by atoms with van der Waals surface area (Å²) in [7, 11) is 0. The third-order valence-electron chi connectivity index (χ3n) is 3.30. The van der Waals surface area contributed by atoms with E-state index in [4.69, 9.17) is 11.5 Å². The fourth-order valence-corrected chi connectivity index (χ4v) is 2.41. The summed E-state index contributed by atoms with van der Waals surface area (Å²) < 4.78 is 0. The van der Waals surface area contributed by atoms with Crippen LogP contribution in [0.1, 0.15) is 77.0 Å². The van der Waals surface area contributed by atoms with Gasteiger partial charge >= 0.3 is 5.97 Å². The minimum atomic E-state index is -0.746. The normalized spacial score (nSPS) is 12.0. The van der Waals surface area contributed by atoms with E-state index in [1.165, 1.54) is 51.4 Å². The zero-order chi connectivity index (χ0) is 14.3. The van der Waals surface area contributed by atoms with Crippen LogP contribution in [-0.4, -0.2) is 15.9 Å². The van der Waals surface area contributed by atoms with Gasteiger partial charge in [-0.05, 0) is 12.8 Å². The summed E-state index contributed by atoms with van der Waals surface area (Å²) in [5.74, 6) is 1.93. The van der Waals surface area contributed by atoms with Crippen LogP contribution >= 0.6 is 15.9 Å². The van der Waals surface area contributed by atoms with Crippen molar-refractivity contribution >= 4 is 21.9 Å². The molecule has 0 spiro atoms. The molecule has 0 rings (SSSR count). The molecule has 0 amide bonds. The first-order chi connectivity index (χ1) is 9.18. The Bertz CT molecular complexity index is 258. The lowest BCUT2D eigenvalue weighted by atomic mass is 10.0. The second kappa shape index (κ2) is 13.9. The Hall–Kier alpha value is -0.490. The zero-order valence-electron chi connectivity index (χ0n) is 11.9. The molecule has 0 aliphatic carbocycles. The molecule has 0 saturated carbocycles. The van der Waals surface area contributed by atoms with Crippen molar-refractivity contribution in [2.24, 2.45) is 0 Å². The molecule has 1 atom stereocenters. The lowest BCUT2D eigenvalue weighted by Crippen LogP contribution is -2.11. The maximum Gasteiger partial charge on any atom is 0.317 e. The van der Waals surface area contributed by atoms with Crippen molar-refractivity contribution in [2.75, 3.05) is 0 Å². The first kappa shape index (κ1) is 18.5. The lowest BCUT2D eigenvalue weighted by molar-refractivity contribution is -0.136. The van der Waals surface area contributed by atoms with Gasteiger partial charge in [0, 0.05) is 6.42 Å². The molecule has 1 unspecified atom stereocenters. The summed E-state index contributed by atoms with van der Waals surface area (Å²) in [6, 6.07) is 0. The zero-order valence-corrected chi connectivity index (χ0v) is 13.5. The molecular weight excluding hydrogens is 304 g/mol. The van der Waals surface area contributed by atoms with Gasteiger partial charge in [0.05, 0.1) is 0 Å². The molecule has 0 aliphatic rings. The van der Waals surface area contributed by atoms with Crippen LogP contribution in [0.5, 0.6) is 0 Å². The molecule has 0 aromatic rings. The standard InChI is InChI=1S/C16H27BrO2/c1-2-3-4-5-6-7-8-9-10-11-12-13-14-15(17)16(18)19/h1,15H,3-14H2,(H,18,19). The molecule has 0 aliphatic heterocycles. The molecule has 0 aromatic carbocycles. The van der Waals surface area contributed by atoms with E-state index >= 15 is 0 Å². The molecule has 3 heteroatoms. The van der Waals surface area contributed by atoms with Crippen molar-refractivity contribution in [2.45, 2.75) is 81.9 Å². The van der Waals surface area contributed by atoms with Crippen LogP contribution in [0.2, 0.25) is 0 Å². The molecule has 0 aromatic heterocycles. The summed E-state index contributed by atoms with van der Waals surface area (Å²) in [4.78, 5) is 10.2. The second-order valence-corrected chi connectivity index (χ2v) is 6.19. The van der Waals surface area contributed by atoms with Crippen LogP contribution in [-0.2, 0) is 4.79 Å². The smallest absolute Gasteiger partial charge is 0.317 e. The average Bonchev–Trinajstić information content (AvgIpc) is 2.39. The van der Waals surface area contributed by atoms with Crippen LogP contribution in [0, 0.1) is 12.3 Å². The highest BCUT2D eigenvalue weighted by Gasteiger charge is 2.11. The summed E-state index contributed by atoms with van der Waals surface area (Å²) in [6.45, 7) is 0. The SMILES string of the molecule is C#CCCCCCCCCCCCCC(Br)C(=O)O. The topological polar surface area (TPSA) is 37.3 Å². The highest BCUT2D eigenvalue weighted by Crippen LogP contribution is 2.14. The van der Waals surface area contributed by atoms with E-state index in [1.54, 1.807) is 0 Å². The van der Waals surface area contributed by atoms with Crippen molar-refractivity contribution in [3.05, 3.63) is 0 Å². The molecule has 1 N–H and O–H groups in total. The highest BCUT2D eigenvalue weighted by molar-refractivity contribution is 9.10. The Kier molecular flexibility index (Phi) is 13.6. The fourth-order valence-electron chi connectivity index (χ4n) is 2.09. The van der Waals surface area contributed by atoms with Crippen molar-refractivity contribution in [3.63, 3.8) is 0 Å². The number of aliphatic carboxylic acids is 1. The molecule has 0 fully saturated rings. The number of halogens is 1. The monoisotopic (exact) mass is 330 g/mol. The van der Waals surface area contributed by atoms with E-state index in [9.17, 15) is 4.79 Å². The van der Waals surface area contributed by atoms with Gasteiger partial charge in [-0.15, -0.1) is 12.3 Å². The Labute approximate surface area is 126 Å². The van der Waals surface area contributed by atoms with Gasteiger partial charge in [-0.1, -0.05) is 73.7 Å². The molecular formula is C16H27BrO2. The molecule has 0 bridgehead atoms. The van der Waals surface area contributed by atoms with E-state index in [1.807, 2.05) is 0 Å². The van der Waals surface area contributed by atoms with Gasteiger partial charge < -0.3 is 5.11 Å². The number of unbranched alkanes of at least 4 members (excludes halogenated alkanes) is 10. The van der Waals surface area contributed by atoms with E-state index in [2.05, 4.69) is 21.9 Å². The van der Waals surface area contributed by atoms with E-state index in [0.717, 1.165) is 25.7 Å². The van der Waals surface area contributed by atoms with Gasteiger partial charge in [-0.2, -0.15) is 0 Å². The second-order valence-electron chi connectivity index (χ2n) is 5.08. The quantitative estimate of drug-likeness (QED) is 0.288. The largest absolute Gasteiger partial charge is 0.480 e. The maximum absolute atomic E-state index is 10.6. The van der Waals surface area contributed by atoms with Crippen LogP contribution in [0.15, 0.2) is 0 Å². The molecule has 110 valence electrons.